The van der Waals surface area contributed by atoms with Crippen molar-refractivity contribution in [3.8, 4) is 11.5 Å². The summed E-state index contributed by atoms with van der Waals surface area (Å²) in [4.78, 5) is 39.0. The highest BCUT2D eigenvalue weighted by atomic mass is 35.5. The number of thioether (sulfide) groups is 1. The first kappa shape index (κ1) is 24.2. The minimum Gasteiger partial charge on any atom is -0.493 e. The molecule has 1 heterocycles. The Balaban J connectivity index is 1.56. The van der Waals surface area contributed by atoms with Gasteiger partial charge in [0.2, 0.25) is 0 Å². The molecule has 1 aliphatic rings. The van der Waals surface area contributed by atoms with E-state index in [2.05, 4.69) is 0 Å². The van der Waals surface area contributed by atoms with E-state index < -0.39 is 17.1 Å². The number of imide groups is 1. The zero-order valence-corrected chi connectivity index (χ0v) is 20.5. The minimum absolute atomic E-state index is 0.198. The van der Waals surface area contributed by atoms with Crippen LogP contribution in [0.2, 0.25) is 15.1 Å². The zero-order valence-electron chi connectivity index (χ0n) is 17.4. The number of carbonyl (C=O) groups excluding carboxylic acids is 3. The fraction of sp³-hybridized carbons (Fsp3) is 0.0417. The molecule has 0 atom stereocenters. The van der Waals surface area contributed by atoms with Crippen molar-refractivity contribution in [1.29, 1.82) is 0 Å². The second-order valence-corrected chi connectivity index (χ2v) is 9.17. The molecule has 0 spiro atoms. The van der Waals surface area contributed by atoms with Crippen LogP contribution in [0.1, 0.15) is 15.9 Å². The third-order valence-electron chi connectivity index (χ3n) is 4.72. The highest BCUT2D eigenvalue weighted by Crippen LogP contribution is 2.38. The van der Waals surface area contributed by atoms with Gasteiger partial charge in [-0.3, -0.25) is 9.59 Å². The second-order valence-electron chi connectivity index (χ2n) is 6.92. The summed E-state index contributed by atoms with van der Waals surface area (Å²) in [6, 6.07) is 15.6. The quantitative estimate of drug-likeness (QED) is 0.197. The molecule has 34 heavy (non-hydrogen) atoms. The fourth-order valence-electron chi connectivity index (χ4n) is 3.07. The second kappa shape index (κ2) is 10.1. The topological polar surface area (TPSA) is 72.9 Å². The van der Waals surface area contributed by atoms with Gasteiger partial charge in [-0.05, 0) is 78.0 Å². The van der Waals surface area contributed by atoms with Crippen LogP contribution < -0.4 is 14.4 Å². The first-order valence-corrected chi connectivity index (χ1v) is 11.6. The molecule has 3 aromatic rings. The molecule has 0 N–H and O–H groups in total. The summed E-state index contributed by atoms with van der Waals surface area (Å²) in [7, 11) is 1.43. The van der Waals surface area contributed by atoms with Gasteiger partial charge in [0.25, 0.3) is 11.1 Å². The van der Waals surface area contributed by atoms with Crippen molar-refractivity contribution in [3.63, 3.8) is 0 Å². The number of ether oxygens (including phenoxy) is 2. The van der Waals surface area contributed by atoms with Crippen molar-refractivity contribution in [1.82, 2.24) is 0 Å². The Labute approximate surface area is 214 Å². The summed E-state index contributed by atoms with van der Waals surface area (Å²) < 4.78 is 10.8. The molecule has 1 aliphatic heterocycles. The number of rotatable bonds is 5. The van der Waals surface area contributed by atoms with Crippen LogP contribution in [0.25, 0.3) is 6.08 Å². The molecule has 172 valence electrons. The number of carbonyl (C=O) groups is 3. The number of anilines is 1. The summed E-state index contributed by atoms with van der Waals surface area (Å²) in [6.45, 7) is 0. The highest BCUT2D eigenvalue weighted by molar-refractivity contribution is 8.19. The molecule has 1 fully saturated rings. The van der Waals surface area contributed by atoms with Gasteiger partial charge in [0.15, 0.2) is 11.5 Å². The van der Waals surface area contributed by atoms with Crippen LogP contribution in [0.15, 0.2) is 65.6 Å². The standard InChI is InChI=1S/C24H14Cl3NO5S/c1-32-20-10-13(2-9-19(20)33-23(30)14-3-5-15(25)6-4-14)11-21-22(29)28(24(31)34-21)16-7-8-17(26)18(27)12-16/h2-12H,1H3/b21-11-. The third-order valence-corrected chi connectivity index (χ3v) is 6.58. The van der Waals surface area contributed by atoms with Crippen LogP contribution >= 0.6 is 46.6 Å². The van der Waals surface area contributed by atoms with Gasteiger partial charge in [0.1, 0.15) is 0 Å². The Kier molecular flexibility index (Phi) is 7.19. The number of benzene rings is 3. The van der Waals surface area contributed by atoms with E-state index in [1.54, 1.807) is 54.6 Å². The lowest BCUT2D eigenvalue weighted by atomic mass is 10.1. The molecule has 2 amide bonds. The Morgan fingerprint density at radius 1 is 0.912 bits per heavy atom. The van der Waals surface area contributed by atoms with Crippen LogP contribution in [0.4, 0.5) is 10.5 Å². The number of nitrogens with zero attached hydrogens (tertiary/aromatic N) is 1. The van der Waals surface area contributed by atoms with E-state index in [-0.39, 0.29) is 21.4 Å². The van der Waals surface area contributed by atoms with Gasteiger partial charge in [0, 0.05) is 5.02 Å². The minimum atomic E-state index is -0.578. The lowest BCUT2D eigenvalue weighted by Crippen LogP contribution is -2.27. The maximum atomic E-state index is 12.9. The highest BCUT2D eigenvalue weighted by Gasteiger charge is 2.36. The van der Waals surface area contributed by atoms with E-state index in [1.165, 1.54) is 19.2 Å². The zero-order chi connectivity index (χ0) is 24.4. The molecule has 0 radical (unpaired) electrons. The molecule has 0 aliphatic carbocycles. The molecule has 0 aromatic heterocycles. The van der Waals surface area contributed by atoms with Gasteiger partial charge < -0.3 is 9.47 Å². The van der Waals surface area contributed by atoms with Gasteiger partial charge >= 0.3 is 5.97 Å². The van der Waals surface area contributed by atoms with E-state index in [0.29, 0.717) is 26.9 Å². The molecule has 0 bridgehead atoms. The van der Waals surface area contributed by atoms with Crippen LogP contribution in [0.3, 0.4) is 0 Å². The number of halogens is 3. The molecule has 10 heteroatoms. The molecular formula is C24H14Cl3NO5S. The largest absolute Gasteiger partial charge is 0.493 e. The van der Waals surface area contributed by atoms with Crippen LogP contribution in [-0.4, -0.2) is 24.2 Å². The summed E-state index contributed by atoms with van der Waals surface area (Å²) in [5.41, 5.74) is 1.22. The Morgan fingerprint density at radius 2 is 1.65 bits per heavy atom. The van der Waals surface area contributed by atoms with Gasteiger partial charge in [-0.15, -0.1) is 0 Å². The molecule has 0 unspecified atom stereocenters. The summed E-state index contributed by atoms with van der Waals surface area (Å²) in [5, 5.41) is 0.588. The SMILES string of the molecule is COc1cc(/C=C2\SC(=O)N(c3ccc(Cl)c(Cl)c3)C2=O)ccc1OC(=O)c1ccc(Cl)cc1. The summed E-state index contributed by atoms with van der Waals surface area (Å²) in [6.07, 6.45) is 1.55. The normalized spacial score (nSPS) is 14.6. The molecule has 1 saturated heterocycles. The molecule has 6 nitrogen and oxygen atoms in total. The van der Waals surface area contributed by atoms with Crippen molar-refractivity contribution < 1.29 is 23.9 Å². The lowest BCUT2D eigenvalue weighted by molar-refractivity contribution is -0.113. The predicted molar refractivity (Wildman–Crippen MR) is 134 cm³/mol. The molecule has 0 saturated carbocycles. The van der Waals surface area contributed by atoms with Crippen molar-refractivity contribution >= 4 is 75.4 Å². The first-order valence-electron chi connectivity index (χ1n) is 9.65. The average Bonchev–Trinajstić information content (AvgIpc) is 3.09. The smallest absolute Gasteiger partial charge is 0.343 e. The maximum absolute atomic E-state index is 12.9. The lowest BCUT2D eigenvalue weighted by Gasteiger charge is -2.13. The van der Waals surface area contributed by atoms with E-state index in [1.807, 2.05) is 0 Å². The average molecular weight is 535 g/mol. The number of amides is 2. The van der Waals surface area contributed by atoms with Crippen LogP contribution in [-0.2, 0) is 4.79 Å². The predicted octanol–water partition coefficient (Wildman–Crippen LogP) is 7.12. The Hall–Kier alpha value is -2.97. The Bertz CT molecular complexity index is 1340. The monoisotopic (exact) mass is 533 g/mol. The van der Waals surface area contributed by atoms with E-state index in [9.17, 15) is 14.4 Å². The maximum Gasteiger partial charge on any atom is 0.343 e. The van der Waals surface area contributed by atoms with E-state index in [4.69, 9.17) is 44.3 Å². The van der Waals surface area contributed by atoms with E-state index in [0.717, 1.165) is 16.7 Å². The summed E-state index contributed by atoms with van der Waals surface area (Å²) in [5.74, 6) is -0.598. The number of esters is 1. The van der Waals surface area contributed by atoms with Crippen molar-refractivity contribution in [3.05, 3.63) is 91.8 Å². The first-order chi connectivity index (χ1) is 16.3. The fourth-order valence-corrected chi connectivity index (χ4v) is 4.33. The van der Waals surface area contributed by atoms with Crippen molar-refractivity contribution in [2.45, 2.75) is 0 Å². The van der Waals surface area contributed by atoms with Crippen LogP contribution in [0.5, 0.6) is 11.5 Å². The number of methoxy groups -OCH3 is 1. The molecular weight excluding hydrogens is 521 g/mol. The van der Waals surface area contributed by atoms with Gasteiger partial charge in [0.05, 0.1) is 33.3 Å². The third kappa shape index (κ3) is 5.08. The van der Waals surface area contributed by atoms with Gasteiger partial charge in [-0.25, -0.2) is 9.69 Å². The summed E-state index contributed by atoms with van der Waals surface area (Å²) >= 11 is 18.6. The van der Waals surface area contributed by atoms with Crippen molar-refractivity contribution in [2.24, 2.45) is 0 Å². The molecule has 4 rings (SSSR count). The number of hydrogen-bond acceptors (Lipinski definition) is 6. The Morgan fingerprint density at radius 3 is 2.32 bits per heavy atom. The molecule has 3 aromatic carbocycles. The van der Waals surface area contributed by atoms with Gasteiger partial charge in [-0.1, -0.05) is 40.9 Å². The van der Waals surface area contributed by atoms with Gasteiger partial charge in [-0.2, -0.15) is 0 Å². The van der Waals surface area contributed by atoms with Crippen molar-refractivity contribution in [2.75, 3.05) is 12.0 Å². The number of hydrogen-bond donors (Lipinski definition) is 0. The van der Waals surface area contributed by atoms with Crippen LogP contribution in [0, 0.1) is 0 Å². The van der Waals surface area contributed by atoms with E-state index >= 15 is 0 Å².